The van der Waals surface area contributed by atoms with Crippen LogP contribution >= 0.6 is 0 Å². The molecule has 110 valence electrons. The standard InChI is InChI=1S/C16H18N2O3/c1-2-21-14-7-5-13(6-8-14)18-10-9-17(11-12-3-4-12)15(19)16(18)20/h5-10,12H,2-4,11H2,1H3. The van der Waals surface area contributed by atoms with Gasteiger partial charge in [-0.05, 0) is 49.9 Å². The Hall–Kier alpha value is -2.30. The van der Waals surface area contributed by atoms with Crippen molar-refractivity contribution in [2.75, 3.05) is 6.61 Å². The highest BCUT2D eigenvalue weighted by Crippen LogP contribution is 2.29. The van der Waals surface area contributed by atoms with E-state index < -0.39 is 11.1 Å². The largest absolute Gasteiger partial charge is 0.494 e. The van der Waals surface area contributed by atoms with Crippen molar-refractivity contribution in [3.63, 3.8) is 0 Å². The zero-order chi connectivity index (χ0) is 14.8. The Morgan fingerprint density at radius 1 is 1.10 bits per heavy atom. The van der Waals surface area contributed by atoms with E-state index in [0.717, 1.165) is 18.6 Å². The Balaban J connectivity index is 1.92. The minimum Gasteiger partial charge on any atom is -0.494 e. The summed E-state index contributed by atoms with van der Waals surface area (Å²) in [7, 11) is 0. The van der Waals surface area contributed by atoms with E-state index in [2.05, 4.69) is 0 Å². The van der Waals surface area contributed by atoms with Crippen LogP contribution in [-0.4, -0.2) is 15.7 Å². The fraction of sp³-hybridized carbons (Fsp3) is 0.375. The van der Waals surface area contributed by atoms with E-state index in [1.54, 1.807) is 36.7 Å². The molecule has 3 rings (SSSR count). The first-order valence-electron chi connectivity index (χ1n) is 7.24. The molecule has 0 unspecified atom stereocenters. The molecule has 1 aliphatic rings. The highest BCUT2D eigenvalue weighted by molar-refractivity contribution is 5.37. The molecule has 1 saturated carbocycles. The Morgan fingerprint density at radius 3 is 2.43 bits per heavy atom. The van der Waals surface area contributed by atoms with Gasteiger partial charge in [-0.15, -0.1) is 0 Å². The summed E-state index contributed by atoms with van der Waals surface area (Å²) >= 11 is 0. The van der Waals surface area contributed by atoms with Gasteiger partial charge in [0, 0.05) is 24.6 Å². The molecule has 0 atom stereocenters. The van der Waals surface area contributed by atoms with Gasteiger partial charge >= 0.3 is 11.1 Å². The van der Waals surface area contributed by atoms with Gasteiger partial charge in [0.1, 0.15) is 5.75 Å². The van der Waals surface area contributed by atoms with Gasteiger partial charge in [-0.1, -0.05) is 0 Å². The van der Waals surface area contributed by atoms with Crippen LogP contribution in [-0.2, 0) is 6.54 Å². The Labute approximate surface area is 122 Å². The molecular weight excluding hydrogens is 268 g/mol. The van der Waals surface area contributed by atoms with E-state index >= 15 is 0 Å². The first-order chi connectivity index (χ1) is 10.2. The minimum absolute atomic E-state index is 0.460. The van der Waals surface area contributed by atoms with Crippen LogP contribution in [0.15, 0.2) is 46.2 Å². The molecule has 1 heterocycles. The van der Waals surface area contributed by atoms with Crippen LogP contribution in [0.5, 0.6) is 5.75 Å². The van der Waals surface area contributed by atoms with Crippen LogP contribution in [0.4, 0.5) is 0 Å². The van der Waals surface area contributed by atoms with Crippen molar-refractivity contribution in [3.8, 4) is 11.4 Å². The molecule has 0 radical (unpaired) electrons. The third-order valence-electron chi connectivity index (χ3n) is 3.64. The molecule has 0 amide bonds. The van der Waals surface area contributed by atoms with E-state index in [1.807, 2.05) is 6.92 Å². The van der Waals surface area contributed by atoms with Gasteiger partial charge in [-0.25, -0.2) is 0 Å². The van der Waals surface area contributed by atoms with Gasteiger partial charge in [-0.2, -0.15) is 0 Å². The number of hydrogen-bond acceptors (Lipinski definition) is 3. The molecular formula is C16H18N2O3. The Kier molecular flexibility index (Phi) is 3.64. The molecule has 5 heteroatoms. The predicted octanol–water partition coefficient (Wildman–Crippen LogP) is 1.81. The van der Waals surface area contributed by atoms with Crippen LogP contribution in [0.1, 0.15) is 19.8 Å². The molecule has 1 aliphatic carbocycles. The molecule has 0 N–H and O–H groups in total. The summed E-state index contributed by atoms with van der Waals surface area (Å²) in [5.41, 5.74) is -0.306. The molecule has 0 bridgehead atoms. The van der Waals surface area contributed by atoms with Crippen molar-refractivity contribution in [1.82, 2.24) is 9.13 Å². The van der Waals surface area contributed by atoms with Gasteiger partial charge in [0.25, 0.3) is 0 Å². The fourth-order valence-electron chi connectivity index (χ4n) is 2.30. The number of ether oxygens (including phenoxy) is 1. The smallest absolute Gasteiger partial charge is 0.320 e. The van der Waals surface area contributed by atoms with Gasteiger partial charge in [0.05, 0.1) is 6.61 Å². The zero-order valence-corrected chi connectivity index (χ0v) is 12.0. The zero-order valence-electron chi connectivity index (χ0n) is 12.0. The Morgan fingerprint density at radius 2 is 1.81 bits per heavy atom. The first-order valence-corrected chi connectivity index (χ1v) is 7.24. The van der Waals surface area contributed by atoms with Gasteiger partial charge < -0.3 is 9.30 Å². The lowest BCUT2D eigenvalue weighted by atomic mass is 10.3. The second kappa shape index (κ2) is 5.60. The van der Waals surface area contributed by atoms with Gasteiger partial charge in [0.15, 0.2) is 0 Å². The number of nitrogens with zero attached hydrogens (tertiary/aromatic N) is 2. The maximum atomic E-state index is 12.2. The Bertz CT molecular complexity index is 739. The van der Waals surface area contributed by atoms with Gasteiger partial charge in [0.2, 0.25) is 0 Å². The molecule has 5 nitrogen and oxygen atoms in total. The maximum Gasteiger partial charge on any atom is 0.320 e. The second-order valence-corrected chi connectivity index (χ2v) is 5.30. The number of aromatic nitrogens is 2. The normalized spacial score (nSPS) is 14.1. The number of hydrogen-bond donors (Lipinski definition) is 0. The number of rotatable bonds is 5. The summed E-state index contributed by atoms with van der Waals surface area (Å²) in [4.78, 5) is 24.3. The quantitative estimate of drug-likeness (QED) is 0.788. The first kappa shape index (κ1) is 13.7. The highest BCUT2D eigenvalue weighted by atomic mass is 16.5. The summed E-state index contributed by atoms with van der Waals surface area (Å²) in [6.07, 6.45) is 5.64. The molecule has 0 aliphatic heterocycles. The summed E-state index contributed by atoms with van der Waals surface area (Å²) in [6, 6.07) is 7.14. The van der Waals surface area contributed by atoms with Crippen molar-refractivity contribution in [2.24, 2.45) is 5.92 Å². The van der Waals surface area contributed by atoms with Crippen LogP contribution in [0, 0.1) is 5.92 Å². The van der Waals surface area contributed by atoms with Gasteiger partial charge in [-0.3, -0.25) is 14.2 Å². The van der Waals surface area contributed by atoms with E-state index in [0.29, 0.717) is 24.8 Å². The van der Waals surface area contributed by atoms with Crippen molar-refractivity contribution in [3.05, 3.63) is 57.4 Å². The monoisotopic (exact) mass is 286 g/mol. The average Bonchev–Trinajstić information content (AvgIpc) is 3.30. The fourth-order valence-corrected chi connectivity index (χ4v) is 2.30. The molecule has 21 heavy (non-hydrogen) atoms. The molecule has 2 aromatic rings. The molecule has 1 aromatic carbocycles. The van der Waals surface area contributed by atoms with E-state index in [4.69, 9.17) is 4.74 Å². The summed E-state index contributed by atoms with van der Waals surface area (Å²) < 4.78 is 8.26. The second-order valence-electron chi connectivity index (χ2n) is 5.30. The average molecular weight is 286 g/mol. The third-order valence-corrected chi connectivity index (χ3v) is 3.64. The van der Waals surface area contributed by atoms with Crippen LogP contribution in [0.2, 0.25) is 0 Å². The van der Waals surface area contributed by atoms with E-state index in [-0.39, 0.29) is 0 Å². The summed E-state index contributed by atoms with van der Waals surface area (Å²) in [6.45, 7) is 3.16. The lowest BCUT2D eigenvalue weighted by Gasteiger charge is -2.09. The maximum absolute atomic E-state index is 12.2. The lowest BCUT2D eigenvalue weighted by molar-refractivity contribution is 0.340. The molecule has 1 aromatic heterocycles. The van der Waals surface area contributed by atoms with Crippen LogP contribution in [0.25, 0.3) is 5.69 Å². The van der Waals surface area contributed by atoms with Crippen molar-refractivity contribution in [2.45, 2.75) is 26.3 Å². The predicted molar refractivity (Wildman–Crippen MR) is 80.2 cm³/mol. The lowest BCUT2D eigenvalue weighted by Crippen LogP contribution is -2.40. The van der Waals surface area contributed by atoms with Crippen molar-refractivity contribution in [1.29, 1.82) is 0 Å². The molecule has 1 fully saturated rings. The van der Waals surface area contributed by atoms with Crippen LogP contribution < -0.4 is 15.9 Å². The summed E-state index contributed by atoms with van der Waals surface area (Å²) in [5.74, 6) is 1.31. The molecule has 0 saturated heterocycles. The topological polar surface area (TPSA) is 53.2 Å². The van der Waals surface area contributed by atoms with E-state index in [9.17, 15) is 9.59 Å². The van der Waals surface area contributed by atoms with Crippen molar-refractivity contribution >= 4 is 0 Å². The van der Waals surface area contributed by atoms with Crippen LogP contribution in [0.3, 0.4) is 0 Å². The minimum atomic E-state index is -0.512. The van der Waals surface area contributed by atoms with Crippen molar-refractivity contribution < 1.29 is 4.74 Å². The number of benzene rings is 1. The SMILES string of the molecule is CCOc1ccc(-n2ccn(CC3CC3)c(=O)c2=O)cc1. The highest BCUT2D eigenvalue weighted by Gasteiger charge is 2.22. The third kappa shape index (κ3) is 2.91. The molecule has 0 spiro atoms. The summed E-state index contributed by atoms with van der Waals surface area (Å²) in [5, 5.41) is 0. The van der Waals surface area contributed by atoms with E-state index in [1.165, 1.54) is 9.13 Å².